The number of hydrogen-bond acceptors (Lipinski definition) is 3. The Morgan fingerprint density at radius 2 is 1.67 bits per heavy atom. The molecule has 0 rings (SSSR count). The van der Waals surface area contributed by atoms with Crippen LogP contribution in [0.4, 0.5) is 0 Å². The molecule has 0 aliphatic rings. The van der Waals surface area contributed by atoms with E-state index in [1.807, 2.05) is 6.92 Å². The van der Waals surface area contributed by atoms with Crippen molar-refractivity contribution < 1.29 is 9.53 Å². The van der Waals surface area contributed by atoms with Gasteiger partial charge >= 0.3 is 5.97 Å². The molecule has 0 aromatic rings. The number of unbranched alkanes of at least 4 members (excludes halogenated alkanes) is 5. The van der Waals surface area contributed by atoms with E-state index in [-0.39, 0.29) is 18.1 Å². The van der Waals surface area contributed by atoms with Crippen LogP contribution in [0.15, 0.2) is 24.3 Å². The predicted octanol–water partition coefficient (Wildman–Crippen LogP) is 4.52. The van der Waals surface area contributed by atoms with E-state index in [1.54, 1.807) is 0 Å². The van der Waals surface area contributed by atoms with Crippen LogP contribution in [0.5, 0.6) is 0 Å². The van der Waals surface area contributed by atoms with E-state index in [4.69, 9.17) is 10.5 Å². The van der Waals surface area contributed by atoms with Crippen molar-refractivity contribution in [2.45, 2.75) is 84.3 Å². The molecule has 3 nitrogen and oxygen atoms in total. The average molecular weight is 295 g/mol. The molecule has 3 heteroatoms. The van der Waals surface area contributed by atoms with Crippen molar-refractivity contribution in [3.63, 3.8) is 0 Å². The molecule has 2 atom stereocenters. The molecule has 0 fully saturated rings. The Morgan fingerprint density at radius 3 is 2.24 bits per heavy atom. The molecule has 0 aromatic heterocycles. The Balaban J connectivity index is 3.66. The minimum Gasteiger partial charge on any atom is -0.461 e. The third kappa shape index (κ3) is 13.6. The van der Waals surface area contributed by atoms with Crippen LogP contribution in [0.25, 0.3) is 0 Å². The Morgan fingerprint density at radius 1 is 1.05 bits per heavy atom. The molecule has 0 aliphatic carbocycles. The Bertz CT molecular complexity index is 308. The summed E-state index contributed by atoms with van der Waals surface area (Å²) in [5.74, 6) is -0.267. The van der Waals surface area contributed by atoms with Gasteiger partial charge in [-0.1, -0.05) is 50.5 Å². The van der Waals surface area contributed by atoms with Crippen molar-refractivity contribution in [1.82, 2.24) is 0 Å². The van der Waals surface area contributed by atoms with Crippen molar-refractivity contribution in [2.75, 3.05) is 0 Å². The first-order chi connectivity index (χ1) is 10.1. The first-order valence-corrected chi connectivity index (χ1v) is 8.30. The van der Waals surface area contributed by atoms with Gasteiger partial charge in [-0.2, -0.15) is 0 Å². The highest BCUT2D eigenvalue weighted by Crippen LogP contribution is 2.06. The predicted molar refractivity (Wildman–Crippen MR) is 90.1 cm³/mol. The average Bonchev–Trinajstić information content (AvgIpc) is 2.42. The van der Waals surface area contributed by atoms with Crippen LogP contribution in [-0.4, -0.2) is 18.1 Å². The molecule has 0 saturated heterocycles. The molecule has 0 radical (unpaired) electrons. The van der Waals surface area contributed by atoms with E-state index in [2.05, 4.69) is 31.2 Å². The van der Waals surface area contributed by atoms with E-state index >= 15 is 0 Å². The van der Waals surface area contributed by atoms with Crippen LogP contribution in [0.2, 0.25) is 0 Å². The standard InChI is InChI=1S/C18H33NO2/c1-4-5-6-7-8-9-10-11-12-13-14-15-18(16(2)19)21-17(3)20/h9-10,13-14,16,18H,4-8,11-12,15,19H2,1-3H3/b10-9-,14-13+/t16-,18-/m0/s1. The minimum absolute atomic E-state index is 0.137. The molecule has 0 saturated carbocycles. The molecule has 0 heterocycles. The van der Waals surface area contributed by atoms with Gasteiger partial charge in [0.15, 0.2) is 0 Å². The van der Waals surface area contributed by atoms with Crippen LogP contribution in [0, 0.1) is 0 Å². The van der Waals surface area contributed by atoms with Crippen molar-refractivity contribution >= 4 is 5.97 Å². The first-order valence-electron chi connectivity index (χ1n) is 8.30. The molecule has 122 valence electrons. The van der Waals surface area contributed by atoms with Crippen molar-refractivity contribution in [3.05, 3.63) is 24.3 Å². The van der Waals surface area contributed by atoms with Crippen molar-refractivity contribution in [1.29, 1.82) is 0 Å². The number of hydrogen-bond donors (Lipinski definition) is 1. The fourth-order valence-corrected chi connectivity index (χ4v) is 2.05. The lowest BCUT2D eigenvalue weighted by atomic mass is 10.1. The van der Waals surface area contributed by atoms with Crippen LogP contribution in [-0.2, 0) is 9.53 Å². The summed E-state index contributed by atoms with van der Waals surface area (Å²) in [6, 6.07) is -0.137. The Hall–Kier alpha value is -1.09. The molecule has 0 aromatic carbocycles. The monoisotopic (exact) mass is 295 g/mol. The van der Waals surface area contributed by atoms with Gasteiger partial charge in [0.2, 0.25) is 0 Å². The normalized spacial score (nSPS) is 14.7. The first kappa shape index (κ1) is 19.9. The Kier molecular flexibility index (Phi) is 13.2. The van der Waals surface area contributed by atoms with Gasteiger partial charge in [-0.25, -0.2) is 0 Å². The number of esters is 1. The van der Waals surface area contributed by atoms with Gasteiger partial charge in [-0.05, 0) is 32.6 Å². The van der Waals surface area contributed by atoms with E-state index in [0.717, 1.165) is 12.8 Å². The largest absolute Gasteiger partial charge is 0.461 e. The summed E-state index contributed by atoms with van der Waals surface area (Å²) >= 11 is 0. The quantitative estimate of drug-likeness (QED) is 0.327. The van der Waals surface area contributed by atoms with Crippen LogP contribution < -0.4 is 5.73 Å². The lowest BCUT2D eigenvalue weighted by molar-refractivity contribution is -0.147. The second-order valence-electron chi connectivity index (χ2n) is 5.61. The molecule has 0 bridgehead atoms. The van der Waals surface area contributed by atoms with Gasteiger partial charge in [0.25, 0.3) is 0 Å². The van der Waals surface area contributed by atoms with E-state index in [0.29, 0.717) is 6.42 Å². The third-order valence-corrected chi connectivity index (χ3v) is 3.33. The molecule has 0 unspecified atom stereocenters. The Labute approximate surface area is 130 Å². The molecular weight excluding hydrogens is 262 g/mol. The van der Waals surface area contributed by atoms with Crippen LogP contribution in [0.3, 0.4) is 0 Å². The van der Waals surface area contributed by atoms with E-state index in [9.17, 15) is 4.79 Å². The highest BCUT2D eigenvalue weighted by atomic mass is 16.5. The van der Waals surface area contributed by atoms with E-state index < -0.39 is 0 Å². The summed E-state index contributed by atoms with van der Waals surface area (Å²) in [5.41, 5.74) is 5.79. The smallest absolute Gasteiger partial charge is 0.302 e. The summed E-state index contributed by atoms with van der Waals surface area (Å²) in [5, 5.41) is 0. The zero-order valence-corrected chi connectivity index (χ0v) is 14.0. The summed E-state index contributed by atoms with van der Waals surface area (Å²) in [7, 11) is 0. The number of ether oxygens (including phenoxy) is 1. The number of nitrogens with two attached hydrogens (primary N) is 1. The highest BCUT2D eigenvalue weighted by Gasteiger charge is 2.14. The number of carbonyl (C=O) groups is 1. The molecule has 2 N–H and O–H groups in total. The van der Waals surface area contributed by atoms with Gasteiger partial charge in [-0.15, -0.1) is 0 Å². The molecular formula is C18H33NO2. The topological polar surface area (TPSA) is 52.3 Å². The third-order valence-electron chi connectivity index (χ3n) is 3.33. The van der Waals surface area contributed by atoms with Crippen LogP contribution >= 0.6 is 0 Å². The zero-order chi connectivity index (χ0) is 15.9. The van der Waals surface area contributed by atoms with Gasteiger partial charge in [0.05, 0.1) is 0 Å². The van der Waals surface area contributed by atoms with Gasteiger partial charge in [-0.3, -0.25) is 4.79 Å². The molecule has 0 aliphatic heterocycles. The second-order valence-corrected chi connectivity index (χ2v) is 5.61. The van der Waals surface area contributed by atoms with Gasteiger partial charge in [0.1, 0.15) is 6.10 Å². The lowest BCUT2D eigenvalue weighted by Crippen LogP contribution is -2.34. The summed E-state index contributed by atoms with van der Waals surface area (Å²) in [6.45, 7) is 5.52. The van der Waals surface area contributed by atoms with Gasteiger partial charge < -0.3 is 10.5 Å². The van der Waals surface area contributed by atoms with Crippen molar-refractivity contribution in [3.8, 4) is 0 Å². The second kappa shape index (κ2) is 13.9. The van der Waals surface area contributed by atoms with Crippen molar-refractivity contribution in [2.24, 2.45) is 5.73 Å². The SMILES string of the molecule is CCCCCC/C=C\CC/C=C/C[C@H](OC(C)=O)[C@H](C)N. The van der Waals surface area contributed by atoms with Crippen LogP contribution in [0.1, 0.15) is 72.1 Å². The molecule has 21 heavy (non-hydrogen) atoms. The fourth-order valence-electron chi connectivity index (χ4n) is 2.05. The lowest BCUT2D eigenvalue weighted by Gasteiger charge is -2.18. The van der Waals surface area contributed by atoms with Gasteiger partial charge in [0, 0.05) is 19.4 Å². The molecule has 0 amide bonds. The highest BCUT2D eigenvalue weighted by molar-refractivity contribution is 5.66. The minimum atomic E-state index is -0.267. The fraction of sp³-hybridized carbons (Fsp3) is 0.722. The number of rotatable bonds is 12. The maximum atomic E-state index is 10.9. The maximum absolute atomic E-state index is 10.9. The summed E-state index contributed by atoms with van der Waals surface area (Å²) < 4.78 is 5.17. The zero-order valence-electron chi connectivity index (χ0n) is 14.0. The summed E-state index contributed by atoms with van der Waals surface area (Å²) in [4.78, 5) is 10.9. The number of allylic oxidation sites excluding steroid dienone is 3. The summed E-state index contributed by atoms with van der Waals surface area (Å²) in [6.07, 6.45) is 17.8. The van der Waals surface area contributed by atoms with E-state index in [1.165, 1.54) is 39.0 Å². The maximum Gasteiger partial charge on any atom is 0.302 e. The molecule has 0 spiro atoms. The number of carbonyl (C=O) groups excluding carboxylic acids is 1.